The Kier molecular flexibility index (Phi) is 2.46. The van der Waals surface area contributed by atoms with Crippen LogP contribution in [0.1, 0.15) is 19.4 Å². The zero-order chi connectivity index (χ0) is 15.6. The summed E-state index contributed by atoms with van der Waals surface area (Å²) >= 11 is 1.74. The summed E-state index contributed by atoms with van der Waals surface area (Å²) in [6.45, 7) is 4.62. The molecule has 0 radical (unpaired) electrons. The SMILES string of the molecule is CC1(C)c2ccccc2N2c3nccnc3N(c3cccs3)C21. The van der Waals surface area contributed by atoms with Gasteiger partial charge in [0.15, 0.2) is 11.6 Å². The average molecular weight is 320 g/mol. The van der Waals surface area contributed by atoms with E-state index in [0.717, 1.165) is 11.6 Å². The van der Waals surface area contributed by atoms with Crippen molar-refractivity contribution in [3.63, 3.8) is 0 Å². The number of hydrogen-bond donors (Lipinski definition) is 0. The molecule has 5 rings (SSSR count). The Balaban J connectivity index is 1.82. The lowest BCUT2D eigenvalue weighted by molar-refractivity contribution is 0.450. The summed E-state index contributed by atoms with van der Waals surface area (Å²) in [6, 6.07) is 12.9. The molecule has 1 unspecified atom stereocenters. The van der Waals surface area contributed by atoms with Crippen LogP contribution in [0, 0.1) is 0 Å². The van der Waals surface area contributed by atoms with Gasteiger partial charge >= 0.3 is 0 Å². The molecule has 0 fully saturated rings. The van der Waals surface area contributed by atoms with E-state index in [4.69, 9.17) is 0 Å². The standard InChI is InChI=1S/C18H16N4S/c1-18(2)12-6-3-4-7-13(12)21-15-16(20-10-9-19-15)22(17(18)21)14-8-5-11-23-14/h3-11,17H,1-2H3. The van der Waals surface area contributed by atoms with Crippen molar-refractivity contribution in [3.05, 3.63) is 59.7 Å². The molecule has 0 aliphatic carbocycles. The largest absolute Gasteiger partial charge is 0.301 e. The second kappa shape index (κ2) is 4.32. The molecule has 3 aromatic rings. The third-order valence-electron chi connectivity index (χ3n) is 4.85. The molecule has 0 N–H and O–H groups in total. The highest BCUT2D eigenvalue weighted by atomic mass is 32.1. The predicted octanol–water partition coefficient (Wildman–Crippen LogP) is 4.45. The summed E-state index contributed by atoms with van der Waals surface area (Å²) in [6.07, 6.45) is 3.72. The molecule has 5 heteroatoms. The Bertz CT molecular complexity index is 886. The van der Waals surface area contributed by atoms with Crippen LogP contribution in [0.4, 0.5) is 22.3 Å². The quantitative estimate of drug-likeness (QED) is 0.663. The Morgan fingerprint density at radius 2 is 1.70 bits per heavy atom. The Morgan fingerprint density at radius 3 is 2.43 bits per heavy atom. The molecular weight excluding hydrogens is 304 g/mol. The van der Waals surface area contributed by atoms with Gasteiger partial charge in [-0.2, -0.15) is 0 Å². The van der Waals surface area contributed by atoms with E-state index in [-0.39, 0.29) is 11.6 Å². The van der Waals surface area contributed by atoms with Gasteiger partial charge in [-0.3, -0.25) is 4.90 Å². The molecule has 2 aliphatic rings. The van der Waals surface area contributed by atoms with Crippen molar-refractivity contribution in [2.45, 2.75) is 25.4 Å². The second-order valence-electron chi connectivity index (χ2n) is 6.51. The lowest BCUT2D eigenvalue weighted by atomic mass is 9.83. The van der Waals surface area contributed by atoms with Gasteiger partial charge in [-0.25, -0.2) is 9.97 Å². The monoisotopic (exact) mass is 320 g/mol. The zero-order valence-electron chi connectivity index (χ0n) is 13.0. The van der Waals surface area contributed by atoms with Crippen molar-refractivity contribution in [1.82, 2.24) is 9.97 Å². The van der Waals surface area contributed by atoms with E-state index in [1.165, 1.54) is 16.3 Å². The highest BCUT2D eigenvalue weighted by Gasteiger charge is 2.54. The van der Waals surface area contributed by atoms with Gasteiger partial charge < -0.3 is 4.90 Å². The summed E-state index contributed by atoms with van der Waals surface area (Å²) < 4.78 is 0. The third kappa shape index (κ3) is 1.55. The van der Waals surface area contributed by atoms with Crippen LogP contribution in [0.2, 0.25) is 0 Å². The van der Waals surface area contributed by atoms with Crippen LogP contribution in [-0.2, 0) is 5.41 Å². The van der Waals surface area contributed by atoms with E-state index in [9.17, 15) is 0 Å². The average Bonchev–Trinajstić information content (AvgIpc) is 3.24. The molecule has 0 bridgehead atoms. The lowest BCUT2D eigenvalue weighted by Crippen LogP contribution is -2.46. The minimum absolute atomic E-state index is 0.0248. The second-order valence-corrected chi connectivity index (χ2v) is 7.43. The van der Waals surface area contributed by atoms with Gasteiger partial charge in [0.1, 0.15) is 6.17 Å². The smallest absolute Gasteiger partial charge is 0.179 e. The van der Waals surface area contributed by atoms with Crippen molar-refractivity contribution in [2.75, 3.05) is 9.80 Å². The van der Waals surface area contributed by atoms with E-state index in [1.807, 2.05) is 0 Å². The number of benzene rings is 1. The first kappa shape index (κ1) is 13.1. The van der Waals surface area contributed by atoms with Crippen molar-refractivity contribution in [1.29, 1.82) is 0 Å². The van der Waals surface area contributed by atoms with Gasteiger partial charge in [-0.1, -0.05) is 32.0 Å². The van der Waals surface area contributed by atoms with Crippen LogP contribution < -0.4 is 9.80 Å². The van der Waals surface area contributed by atoms with Gasteiger partial charge in [0, 0.05) is 23.5 Å². The summed E-state index contributed by atoms with van der Waals surface area (Å²) in [4.78, 5) is 14.0. The van der Waals surface area contributed by atoms with Crippen LogP contribution >= 0.6 is 11.3 Å². The maximum atomic E-state index is 4.65. The number of rotatable bonds is 1. The van der Waals surface area contributed by atoms with E-state index in [1.54, 1.807) is 23.7 Å². The first-order valence-corrected chi connectivity index (χ1v) is 8.60. The van der Waals surface area contributed by atoms with Gasteiger partial charge in [-0.05, 0) is 29.1 Å². The van der Waals surface area contributed by atoms with E-state index in [2.05, 4.69) is 75.4 Å². The summed E-state index contributed by atoms with van der Waals surface area (Å²) in [7, 11) is 0. The fraction of sp³-hybridized carbons (Fsp3) is 0.222. The molecule has 2 aliphatic heterocycles. The molecule has 0 spiro atoms. The molecule has 0 saturated heterocycles. The van der Waals surface area contributed by atoms with Gasteiger partial charge in [0.25, 0.3) is 0 Å². The fourth-order valence-corrected chi connectivity index (χ4v) is 4.65. The molecule has 0 saturated carbocycles. The first-order valence-electron chi connectivity index (χ1n) is 7.72. The van der Waals surface area contributed by atoms with Gasteiger partial charge in [0.05, 0.1) is 5.00 Å². The number of aromatic nitrogens is 2. The van der Waals surface area contributed by atoms with Gasteiger partial charge in [-0.15, -0.1) is 11.3 Å². The number of anilines is 4. The Morgan fingerprint density at radius 1 is 0.957 bits per heavy atom. The summed E-state index contributed by atoms with van der Waals surface area (Å²) in [5.74, 6) is 1.89. The first-order chi connectivity index (χ1) is 11.2. The van der Waals surface area contributed by atoms with E-state index in [0.29, 0.717) is 0 Å². The van der Waals surface area contributed by atoms with Gasteiger partial charge in [0.2, 0.25) is 0 Å². The molecular formula is C18H16N4S. The molecule has 1 aromatic carbocycles. The number of fused-ring (bicyclic) bond motifs is 5. The summed E-state index contributed by atoms with van der Waals surface area (Å²) in [5.41, 5.74) is 2.58. The summed E-state index contributed by atoms with van der Waals surface area (Å²) in [5, 5.41) is 3.32. The number of nitrogens with zero attached hydrogens (tertiary/aromatic N) is 4. The van der Waals surface area contributed by atoms with Crippen LogP contribution in [0.25, 0.3) is 0 Å². The molecule has 23 heavy (non-hydrogen) atoms. The van der Waals surface area contributed by atoms with Crippen LogP contribution in [-0.4, -0.2) is 16.1 Å². The van der Waals surface area contributed by atoms with Crippen LogP contribution in [0.3, 0.4) is 0 Å². The minimum Gasteiger partial charge on any atom is -0.301 e. The molecule has 0 amide bonds. The maximum absolute atomic E-state index is 4.65. The highest BCUT2D eigenvalue weighted by molar-refractivity contribution is 7.14. The highest BCUT2D eigenvalue weighted by Crippen LogP contribution is 2.57. The normalized spacial score (nSPS) is 20.3. The number of para-hydroxylation sites is 1. The molecule has 114 valence electrons. The van der Waals surface area contributed by atoms with Crippen molar-refractivity contribution in [2.24, 2.45) is 0 Å². The zero-order valence-corrected chi connectivity index (χ0v) is 13.8. The number of thiophene rings is 1. The van der Waals surface area contributed by atoms with Crippen LogP contribution in [0.5, 0.6) is 0 Å². The lowest BCUT2D eigenvalue weighted by Gasteiger charge is -2.35. The third-order valence-corrected chi connectivity index (χ3v) is 5.72. The van der Waals surface area contributed by atoms with E-state index >= 15 is 0 Å². The predicted molar refractivity (Wildman–Crippen MR) is 93.9 cm³/mol. The molecule has 4 heterocycles. The van der Waals surface area contributed by atoms with Crippen molar-refractivity contribution >= 4 is 33.7 Å². The Hall–Kier alpha value is -2.40. The van der Waals surface area contributed by atoms with Crippen molar-refractivity contribution < 1.29 is 0 Å². The van der Waals surface area contributed by atoms with Crippen LogP contribution in [0.15, 0.2) is 54.2 Å². The van der Waals surface area contributed by atoms with E-state index < -0.39 is 0 Å². The Labute approximate surface area is 139 Å². The minimum atomic E-state index is -0.0248. The maximum Gasteiger partial charge on any atom is 0.179 e. The fourth-order valence-electron chi connectivity index (χ4n) is 3.90. The number of hydrogen-bond acceptors (Lipinski definition) is 5. The topological polar surface area (TPSA) is 32.3 Å². The molecule has 2 aromatic heterocycles. The molecule has 1 atom stereocenters. The van der Waals surface area contributed by atoms with Crippen molar-refractivity contribution in [3.8, 4) is 0 Å². The molecule has 4 nitrogen and oxygen atoms in total.